The Labute approximate surface area is 168 Å². The highest BCUT2D eigenvalue weighted by molar-refractivity contribution is 5.73. The minimum atomic E-state index is -0.679. The minimum Gasteiger partial charge on any atom is -0.497 e. The van der Waals surface area contributed by atoms with Crippen molar-refractivity contribution in [3.05, 3.63) is 53.9 Å². The van der Waals surface area contributed by atoms with Gasteiger partial charge < -0.3 is 23.4 Å². The molecular weight excluding hydrogens is 376 g/mol. The number of hydrogen-bond donors (Lipinski definition) is 0. The molecule has 0 bridgehead atoms. The summed E-state index contributed by atoms with van der Waals surface area (Å²) in [4.78, 5) is 12.3. The normalized spacial score (nSPS) is 11.6. The molecule has 1 heterocycles. The molecule has 0 amide bonds. The lowest BCUT2D eigenvalue weighted by molar-refractivity contribution is -0.148. The molecule has 0 radical (unpaired) electrons. The van der Waals surface area contributed by atoms with Gasteiger partial charge in [0.2, 0.25) is 5.89 Å². The smallest absolute Gasteiger partial charge is 0.311 e. The monoisotopic (exact) mass is 398 g/mol. The molecule has 8 nitrogen and oxygen atoms in total. The van der Waals surface area contributed by atoms with Crippen molar-refractivity contribution < 1.29 is 28.2 Å². The highest BCUT2D eigenvalue weighted by Crippen LogP contribution is 2.28. The molecule has 0 aliphatic heterocycles. The number of aromatic nitrogens is 2. The first-order valence-electron chi connectivity index (χ1n) is 8.92. The van der Waals surface area contributed by atoms with Crippen LogP contribution in [0, 0.1) is 0 Å². The topological polar surface area (TPSA) is 92.9 Å². The SMILES string of the molecule is COc1ccc(-c2nnc([C@@H](C)OC(=O)Cc3ccc(OC)c(OC)c3)o2)cc1. The summed E-state index contributed by atoms with van der Waals surface area (Å²) in [5, 5.41) is 8.00. The second-order valence-electron chi connectivity index (χ2n) is 6.17. The van der Waals surface area contributed by atoms with Crippen molar-refractivity contribution in [1.29, 1.82) is 0 Å². The fourth-order valence-corrected chi connectivity index (χ4v) is 2.70. The average Bonchev–Trinajstić information content (AvgIpc) is 3.24. The zero-order valence-electron chi connectivity index (χ0n) is 16.7. The Hall–Kier alpha value is -3.55. The Kier molecular flexibility index (Phi) is 6.33. The third kappa shape index (κ3) is 4.84. The van der Waals surface area contributed by atoms with Crippen LogP contribution in [0.5, 0.6) is 17.2 Å². The molecule has 0 fully saturated rings. The predicted molar refractivity (Wildman–Crippen MR) is 104 cm³/mol. The van der Waals surface area contributed by atoms with Crippen LogP contribution in [-0.2, 0) is 16.0 Å². The van der Waals surface area contributed by atoms with Crippen LogP contribution < -0.4 is 14.2 Å². The Bertz CT molecular complexity index is 968. The lowest BCUT2D eigenvalue weighted by Crippen LogP contribution is -2.12. The molecule has 1 aromatic heterocycles. The van der Waals surface area contributed by atoms with Crippen LogP contribution in [0.1, 0.15) is 24.5 Å². The molecule has 29 heavy (non-hydrogen) atoms. The average molecular weight is 398 g/mol. The van der Waals surface area contributed by atoms with E-state index in [9.17, 15) is 4.79 Å². The summed E-state index contributed by atoms with van der Waals surface area (Å²) in [7, 11) is 4.69. The number of rotatable bonds is 8. The maximum atomic E-state index is 12.3. The second-order valence-corrected chi connectivity index (χ2v) is 6.17. The van der Waals surface area contributed by atoms with Gasteiger partial charge >= 0.3 is 5.97 Å². The number of carbonyl (C=O) groups is 1. The summed E-state index contributed by atoms with van der Waals surface area (Å²) in [6.07, 6.45) is -0.605. The van der Waals surface area contributed by atoms with E-state index in [0.717, 1.165) is 16.9 Å². The van der Waals surface area contributed by atoms with E-state index in [1.54, 1.807) is 51.5 Å². The molecule has 3 rings (SSSR count). The molecule has 0 saturated heterocycles. The lowest BCUT2D eigenvalue weighted by Gasteiger charge is -2.11. The molecule has 1 atom stereocenters. The van der Waals surface area contributed by atoms with Gasteiger partial charge in [-0.25, -0.2) is 0 Å². The van der Waals surface area contributed by atoms with E-state index >= 15 is 0 Å². The van der Waals surface area contributed by atoms with E-state index in [1.165, 1.54) is 7.11 Å². The largest absolute Gasteiger partial charge is 0.497 e. The summed E-state index contributed by atoms with van der Waals surface area (Å²) in [6, 6.07) is 12.5. The van der Waals surface area contributed by atoms with Gasteiger partial charge in [-0.05, 0) is 48.9 Å². The van der Waals surface area contributed by atoms with Gasteiger partial charge in [0.1, 0.15) is 5.75 Å². The molecule has 8 heteroatoms. The molecule has 0 unspecified atom stereocenters. The number of ether oxygens (including phenoxy) is 4. The zero-order valence-corrected chi connectivity index (χ0v) is 16.7. The summed E-state index contributed by atoms with van der Waals surface area (Å²) in [5.41, 5.74) is 1.48. The highest BCUT2D eigenvalue weighted by Gasteiger charge is 2.19. The number of nitrogens with zero attached hydrogens (tertiary/aromatic N) is 2. The van der Waals surface area contributed by atoms with Gasteiger partial charge in [0, 0.05) is 5.56 Å². The Morgan fingerprint density at radius 1 is 0.966 bits per heavy atom. The first-order chi connectivity index (χ1) is 14.0. The van der Waals surface area contributed by atoms with Crippen LogP contribution in [0.4, 0.5) is 0 Å². The molecule has 3 aromatic rings. The Morgan fingerprint density at radius 2 is 1.69 bits per heavy atom. The molecule has 0 N–H and O–H groups in total. The number of methoxy groups -OCH3 is 3. The first kappa shape index (κ1) is 20.2. The third-order valence-corrected chi connectivity index (χ3v) is 4.23. The molecule has 2 aromatic carbocycles. The van der Waals surface area contributed by atoms with Gasteiger partial charge in [-0.3, -0.25) is 4.79 Å². The van der Waals surface area contributed by atoms with Gasteiger partial charge in [0.15, 0.2) is 17.6 Å². The minimum absolute atomic E-state index is 0.0736. The van der Waals surface area contributed by atoms with E-state index in [-0.39, 0.29) is 12.3 Å². The van der Waals surface area contributed by atoms with Crippen LogP contribution >= 0.6 is 0 Å². The number of carbonyl (C=O) groups excluding carboxylic acids is 1. The van der Waals surface area contributed by atoms with E-state index in [1.807, 2.05) is 12.1 Å². The molecule has 0 spiro atoms. The van der Waals surface area contributed by atoms with Crippen molar-refractivity contribution in [2.24, 2.45) is 0 Å². The van der Waals surface area contributed by atoms with Gasteiger partial charge in [-0.15, -0.1) is 10.2 Å². The standard InChI is InChI=1S/C21H22N2O6/c1-13(20-22-23-21(29-20)15-6-8-16(25-2)9-7-15)28-19(24)12-14-5-10-17(26-3)18(11-14)27-4/h5-11,13H,12H2,1-4H3/t13-/m1/s1. The van der Waals surface area contributed by atoms with Crippen LogP contribution in [0.2, 0.25) is 0 Å². The van der Waals surface area contributed by atoms with Gasteiger partial charge in [-0.2, -0.15) is 0 Å². The van der Waals surface area contributed by atoms with Crippen molar-refractivity contribution in [2.75, 3.05) is 21.3 Å². The zero-order chi connectivity index (χ0) is 20.8. The summed E-state index contributed by atoms with van der Waals surface area (Å²) >= 11 is 0. The number of benzene rings is 2. The molecule has 0 saturated carbocycles. The second kappa shape index (κ2) is 9.09. The fraction of sp³-hybridized carbons (Fsp3) is 0.286. The molecule has 0 aliphatic rings. The van der Waals surface area contributed by atoms with Crippen LogP contribution in [0.15, 0.2) is 46.9 Å². The maximum absolute atomic E-state index is 12.3. The number of esters is 1. The lowest BCUT2D eigenvalue weighted by atomic mass is 10.1. The van der Waals surface area contributed by atoms with Gasteiger partial charge in [0.05, 0.1) is 27.8 Å². The van der Waals surface area contributed by atoms with Crippen molar-refractivity contribution in [3.8, 4) is 28.7 Å². The summed E-state index contributed by atoms with van der Waals surface area (Å²) < 4.78 is 26.6. The van der Waals surface area contributed by atoms with E-state index in [4.69, 9.17) is 23.4 Å². The summed E-state index contributed by atoms with van der Waals surface area (Å²) in [5.74, 6) is 2.00. The highest BCUT2D eigenvalue weighted by atomic mass is 16.6. The van der Waals surface area contributed by atoms with Crippen LogP contribution in [0.25, 0.3) is 11.5 Å². The van der Waals surface area contributed by atoms with E-state index < -0.39 is 12.1 Å². The van der Waals surface area contributed by atoms with Crippen molar-refractivity contribution in [1.82, 2.24) is 10.2 Å². The molecule has 152 valence electrons. The molecule has 0 aliphatic carbocycles. The first-order valence-corrected chi connectivity index (χ1v) is 8.92. The van der Waals surface area contributed by atoms with E-state index in [0.29, 0.717) is 17.4 Å². The summed E-state index contributed by atoms with van der Waals surface area (Å²) in [6.45, 7) is 1.68. The molecular formula is C21H22N2O6. The van der Waals surface area contributed by atoms with Gasteiger partial charge in [0.25, 0.3) is 5.89 Å². The number of hydrogen-bond acceptors (Lipinski definition) is 8. The van der Waals surface area contributed by atoms with Crippen molar-refractivity contribution >= 4 is 5.97 Å². The van der Waals surface area contributed by atoms with Crippen molar-refractivity contribution in [3.63, 3.8) is 0 Å². The Morgan fingerprint density at radius 3 is 2.34 bits per heavy atom. The van der Waals surface area contributed by atoms with Crippen molar-refractivity contribution in [2.45, 2.75) is 19.4 Å². The predicted octanol–water partition coefficient (Wildman–Crippen LogP) is 3.61. The van der Waals surface area contributed by atoms with Crippen LogP contribution in [0.3, 0.4) is 0 Å². The van der Waals surface area contributed by atoms with E-state index in [2.05, 4.69) is 10.2 Å². The van der Waals surface area contributed by atoms with Gasteiger partial charge in [-0.1, -0.05) is 6.07 Å². The fourth-order valence-electron chi connectivity index (χ4n) is 2.70. The third-order valence-electron chi connectivity index (χ3n) is 4.23. The maximum Gasteiger partial charge on any atom is 0.311 e. The van der Waals surface area contributed by atoms with Crippen LogP contribution in [-0.4, -0.2) is 37.5 Å². The Balaban J connectivity index is 1.63. The quantitative estimate of drug-likeness (QED) is 0.531.